The van der Waals surface area contributed by atoms with E-state index in [1.807, 2.05) is 0 Å². The van der Waals surface area contributed by atoms with E-state index in [9.17, 15) is 14.7 Å². The van der Waals surface area contributed by atoms with Crippen LogP contribution in [0.3, 0.4) is 0 Å². The summed E-state index contributed by atoms with van der Waals surface area (Å²) in [5, 5.41) is 12.5. The number of hydrogen-bond donors (Lipinski definition) is 1. The van der Waals surface area contributed by atoms with Gasteiger partial charge in [-0.3, -0.25) is 19.5 Å². The molecule has 0 fully saturated rings. The molecule has 1 atom stereocenters. The van der Waals surface area contributed by atoms with Gasteiger partial charge in [0.15, 0.2) is 11.5 Å². The Morgan fingerprint density at radius 2 is 1.91 bits per heavy atom. The fourth-order valence-corrected chi connectivity index (χ4v) is 4.37. The number of aliphatic hydroxyl groups is 1. The number of aliphatic hydroxyl groups excluding tert-OH is 1. The van der Waals surface area contributed by atoms with E-state index in [0.29, 0.717) is 38.0 Å². The van der Waals surface area contributed by atoms with Crippen molar-refractivity contribution in [2.24, 2.45) is 0 Å². The number of furan rings is 1. The number of carbonyl (C=O) groups excluding carboxylic acids is 2. The number of amides is 1. The molecule has 2 aromatic heterocycles. The number of hydrogen-bond acceptors (Lipinski definition) is 5. The molecule has 0 radical (unpaired) electrons. The van der Waals surface area contributed by atoms with Crippen LogP contribution in [0.2, 0.25) is 10.0 Å². The van der Waals surface area contributed by atoms with Crippen LogP contribution in [0.25, 0.3) is 11.0 Å². The van der Waals surface area contributed by atoms with Crippen LogP contribution >= 0.6 is 23.2 Å². The molecular weight excluding hydrogens is 463 g/mol. The zero-order chi connectivity index (χ0) is 23.3. The molecular formula is C25H16Cl2N2O4. The number of ketones is 1. The predicted molar refractivity (Wildman–Crippen MR) is 126 cm³/mol. The average Bonchev–Trinajstić information content (AvgIpc) is 3.34. The third-order valence-electron chi connectivity index (χ3n) is 5.62. The number of pyridine rings is 1. The number of aromatic nitrogens is 1. The van der Waals surface area contributed by atoms with Crippen molar-refractivity contribution in [3.05, 3.63) is 105 Å². The Balaban J connectivity index is 1.68. The van der Waals surface area contributed by atoms with E-state index in [4.69, 9.17) is 27.6 Å². The molecule has 1 aliphatic rings. The smallest absolute Gasteiger partial charge is 0.294 e. The Kier molecular flexibility index (Phi) is 5.19. The summed E-state index contributed by atoms with van der Waals surface area (Å²) in [6.45, 7) is 1.76. The minimum absolute atomic E-state index is 0.0211. The molecule has 0 spiro atoms. The molecule has 1 N–H and O–H groups in total. The largest absolute Gasteiger partial charge is 0.503 e. The van der Waals surface area contributed by atoms with Crippen molar-refractivity contribution < 1.29 is 19.1 Å². The molecule has 1 aliphatic heterocycles. The van der Waals surface area contributed by atoms with Gasteiger partial charge in [0.05, 0.1) is 11.3 Å². The predicted octanol–water partition coefficient (Wildman–Crippen LogP) is 6.23. The van der Waals surface area contributed by atoms with Crippen molar-refractivity contribution in [1.82, 2.24) is 4.98 Å². The Morgan fingerprint density at radius 1 is 1.09 bits per heavy atom. The Morgan fingerprint density at radius 3 is 2.67 bits per heavy atom. The quantitative estimate of drug-likeness (QED) is 0.351. The summed E-state index contributed by atoms with van der Waals surface area (Å²) in [5.41, 5.74) is 1.85. The van der Waals surface area contributed by atoms with Crippen LogP contribution < -0.4 is 4.90 Å². The fourth-order valence-electron chi connectivity index (χ4n) is 4.02. The van der Waals surface area contributed by atoms with Crippen LogP contribution in [-0.2, 0) is 4.79 Å². The first-order valence-electron chi connectivity index (χ1n) is 10.0. The second-order valence-corrected chi connectivity index (χ2v) is 8.44. The lowest BCUT2D eigenvalue weighted by molar-refractivity contribution is -0.117. The zero-order valence-electron chi connectivity index (χ0n) is 17.3. The standard InChI is InChI=1S/C25H16Cl2N2O4/c1-13-16(27)5-4-7-18(13)29-22(17-6-2-3-10-28-17)21(24(31)25(29)32)23(30)20-12-14-11-15(26)8-9-19(14)33-20/h2-12,22,31H,1H3. The van der Waals surface area contributed by atoms with Gasteiger partial charge in [-0.2, -0.15) is 0 Å². The van der Waals surface area contributed by atoms with E-state index in [0.717, 1.165) is 0 Å². The highest BCUT2D eigenvalue weighted by Gasteiger charge is 2.46. The highest BCUT2D eigenvalue weighted by Crippen LogP contribution is 2.43. The maximum atomic E-state index is 13.6. The number of halogens is 2. The molecule has 6 nitrogen and oxygen atoms in total. The lowest BCUT2D eigenvalue weighted by Crippen LogP contribution is -2.32. The van der Waals surface area contributed by atoms with Crippen molar-refractivity contribution in [3.8, 4) is 0 Å². The van der Waals surface area contributed by atoms with Crippen LogP contribution in [0, 0.1) is 6.92 Å². The van der Waals surface area contributed by atoms with Gasteiger partial charge in [-0.1, -0.05) is 35.3 Å². The van der Waals surface area contributed by atoms with Gasteiger partial charge in [-0.25, -0.2) is 0 Å². The van der Waals surface area contributed by atoms with Crippen molar-refractivity contribution in [2.75, 3.05) is 4.90 Å². The Labute approximate surface area is 198 Å². The first-order valence-corrected chi connectivity index (χ1v) is 10.8. The van der Waals surface area contributed by atoms with Gasteiger partial charge in [0.1, 0.15) is 11.6 Å². The Bertz CT molecular complexity index is 1460. The number of carbonyl (C=O) groups is 2. The molecule has 5 rings (SSSR count). The van der Waals surface area contributed by atoms with Gasteiger partial charge in [-0.05, 0) is 61.0 Å². The number of nitrogens with zero attached hydrogens (tertiary/aromatic N) is 2. The summed E-state index contributed by atoms with van der Waals surface area (Å²) >= 11 is 12.3. The van der Waals surface area contributed by atoms with Crippen LogP contribution in [0.5, 0.6) is 0 Å². The normalized spacial score (nSPS) is 16.2. The molecule has 8 heteroatoms. The summed E-state index contributed by atoms with van der Waals surface area (Å²) in [5.74, 6) is -2.02. The second kappa shape index (κ2) is 8.06. The van der Waals surface area contributed by atoms with Gasteiger partial charge in [-0.15, -0.1) is 0 Å². The van der Waals surface area contributed by atoms with E-state index in [1.54, 1.807) is 67.7 Å². The van der Waals surface area contributed by atoms with E-state index < -0.39 is 23.5 Å². The summed E-state index contributed by atoms with van der Waals surface area (Å²) in [7, 11) is 0. The molecule has 164 valence electrons. The molecule has 4 aromatic rings. The number of benzene rings is 2. The van der Waals surface area contributed by atoms with Gasteiger partial charge in [0.2, 0.25) is 5.78 Å². The molecule has 1 unspecified atom stereocenters. The van der Waals surface area contributed by atoms with E-state index in [-0.39, 0.29) is 11.3 Å². The SMILES string of the molecule is Cc1c(Cl)cccc1N1C(=O)C(O)=C(C(=O)c2cc3cc(Cl)ccc3o2)C1c1ccccn1. The summed E-state index contributed by atoms with van der Waals surface area (Å²) < 4.78 is 5.72. The van der Waals surface area contributed by atoms with Gasteiger partial charge < -0.3 is 9.52 Å². The number of anilines is 1. The number of fused-ring (bicyclic) bond motifs is 1. The summed E-state index contributed by atoms with van der Waals surface area (Å²) in [6.07, 6.45) is 1.56. The summed E-state index contributed by atoms with van der Waals surface area (Å²) in [4.78, 5) is 32.6. The molecule has 3 heterocycles. The number of rotatable bonds is 4. The highest BCUT2D eigenvalue weighted by molar-refractivity contribution is 6.32. The Hall–Kier alpha value is -3.61. The van der Waals surface area contributed by atoms with Crippen molar-refractivity contribution in [1.29, 1.82) is 0 Å². The third kappa shape index (κ3) is 3.48. The van der Waals surface area contributed by atoms with Crippen molar-refractivity contribution in [3.63, 3.8) is 0 Å². The lowest BCUT2D eigenvalue weighted by Gasteiger charge is -2.27. The minimum Gasteiger partial charge on any atom is -0.503 e. The van der Waals surface area contributed by atoms with E-state index in [2.05, 4.69) is 4.98 Å². The first kappa shape index (κ1) is 21.2. The molecule has 33 heavy (non-hydrogen) atoms. The van der Waals surface area contributed by atoms with Crippen LogP contribution in [-0.4, -0.2) is 21.8 Å². The maximum absolute atomic E-state index is 13.6. The minimum atomic E-state index is -0.972. The number of Topliss-reactive ketones (excluding diaryl/α,β-unsaturated/α-hetero) is 1. The molecule has 0 saturated carbocycles. The monoisotopic (exact) mass is 478 g/mol. The highest BCUT2D eigenvalue weighted by atomic mass is 35.5. The third-order valence-corrected chi connectivity index (χ3v) is 6.27. The van der Waals surface area contributed by atoms with Crippen LogP contribution in [0.1, 0.15) is 27.9 Å². The molecule has 0 saturated heterocycles. The van der Waals surface area contributed by atoms with Crippen LogP contribution in [0.4, 0.5) is 5.69 Å². The van der Waals surface area contributed by atoms with Gasteiger partial charge in [0, 0.05) is 27.3 Å². The average molecular weight is 479 g/mol. The van der Waals surface area contributed by atoms with E-state index in [1.165, 1.54) is 11.0 Å². The topological polar surface area (TPSA) is 83.6 Å². The van der Waals surface area contributed by atoms with E-state index >= 15 is 0 Å². The first-order chi connectivity index (χ1) is 15.9. The van der Waals surface area contributed by atoms with Gasteiger partial charge in [0.25, 0.3) is 5.91 Å². The van der Waals surface area contributed by atoms with Crippen molar-refractivity contribution >= 4 is 51.5 Å². The van der Waals surface area contributed by atoms with Gasteiger partial charge >= 0.3 is 0 Å². The summed E-state index contributed by atoms with van der Waals surface area (Å²) in [6, 6.07) is 15.8. The fraction of sp³-hybridized carbons (Fsp3) is 0.0800. The second-order valence-electron chi connectivity index (χ2n) is 7.60. The zero-order valence-corrected chi connectivity index (χ0v) is 18.8. The molecule has 1 amide bonds. The maximum Gasteiger partial charge on any atom is 0.294 e. The van der Waals surface area contributed by atoms with Crippen molar-refractivity contribution in [2.45, 2.75) is 13.0 Å². The molecule has 2 aromatic carbocycles. The lowest BCUT2D eigenvalue weighted by atomic mass is 9.97. The molecule has 0 aliphatic carbocycles. The van der Waals surface area contributed by atoms with Crippen LogP contribution in [0.15, 0.2) is 82.6 Å². The molecule has 0 bridgehead atoms.